The third-order valence-electron chi connectivity index (χ3n) is 2.01. The lowest BCUT2D eigenvalue weighted by atomic mass is 10.4. The van der Waals surface area contributed by atoms with Crippen molar-refractivity contribution in [1.29, 1.82) is 0 Å². The second-order valence-corrected chi connectivity index (χ2v) is 5.95. The molecule has 1 heterocycles. The van der Waals surface area contributed by atoms with Gasteiger partial charge in [0.1, 0.15) is 0 Å². The molecule has 0 spiro atoms. The summed E-state index contributed by atoms with van der Waals surface area (Å²) in [7, 11) is -3.25. The molecule has 1 aromatic carbocycles. The van der Waals surface area contributed by atoms with Crippen LogP contribution < -0.4 is 5.30 Å². The van der Waals surface area contributed by atoms with Gasteiger partial charge in [0.05, 0.1) is 23.5 Å². The molecule has 0 aromatic heterocycles. The molecule has 0 amide bonds. The van der Waals surface area contributed by atoms with Gasteiger partial charge in [-0.2, -0.15) is 0 Å². The van der Waals surface area contributed by atoms with Crippen molar-refractivity contribution in [1.82, 2.24) is 0 Å². The Hall–Kier alpha value is -0.0500. The minimum absolute atomic E-state index is 0.344. The average Bonchev–Trinajstić information content (AvgIpc) is 2.23. The lowest BCUT2D eigenvalue weighted by Gasteiger charge is -2.23. The first-order valence-electron chi connectivity index (χ1n) is 4.46. The number of halogens is 2. The van der Waals surface area contributed by atoms with Crippen molar-refractivity contribution < 1.29 is 13.6 Å². The highest BCUT2D eigenvalue weighted by atomic mass is 35.5. The minimum atomic E-state index is -3.25. The van der Waals surface area contributed by atoms with E-state index in [1.165, 1.54) is 6.07 Å². The minimum Gasteiger partial charge on any atom is -0.305 e. The molecule has 82 valence electrons. The Morgan fingerprint density at radius 1 is 1.20 bits per heavy atom. The Bertz CT molecular complexity index is 412. The van der Waals surface area contributed by atoms with Crippen LogP contribution in [0.2, 0.25) is 10.0 Å². The highest BCUT2D eigenvalue weighted by molar-refractivity contribution is 7.62. The van der Waals surface area contributed by atoms with E-state index in [1.807, 2.05) is 0 Å². The van der Waals surface area contributed by atoms with Crippen molar-refractivity contribution in [3.8, 4) is 0 Å². The number of rotatable bonds is 1. The largest absolute Gasteiger partial charge is 0.362 e. The van der Waals surface area contributed by atoms with Crippen LogP contribution in [0.25, 0.3) is 0 Å². The summed E-state index contributed by atoms with van der Waals surface area (Å²) in [5, 5.41) is 1.16. The van der Waals surface area contributed by atoms with Crippen LogP contribution >= 0.6 is 30.8 Å². The predicted octanol–water partition coefficient (Wildman–Crippen LogP) is 3.25. The molecule has 0 saturated carbocycles. The highest BCUT2D eigenvalue weighted by Crippen LogP contribution is 2.51. The summed E-state index contributed by atoms with van der Waals surface area (Å²) in [6, 6.07) is 4.74. The molecule has 1 fully saturated rings. The first-order valence-corrected chi connectivity index (χ1v) is 6.76. The molecule has 0 aliphatic carbocycles. The molecule has 2 rings (SSSR count). The second-order valence-electron chi connectivity index (χ2n) is 3.11. The third-order valence-corrected chi connectivity index (χ3v) is 4.72. The van der Waals surface area contributed by atoms with E-state index in [2.05, 4.69) is 0 Å². The van der Waals surface area contributed by atoms with Crippen molar-refractivity contribution in [2.45, 2.75) is 6.42 Å². The molecule has 1 aliphatic heterocycles. The maximum Gasteiger partial charge on any atom is 0.362 e. The average molecular weight is 267 g/mol. The van der Waals surface area contributed by atoms with Gasteiger partial charge in [-0.15, -0.1) is 0 Å². The van der Waals surface area contributed by atoms with Crippen LogP contribution in [0.5, 0.6) is 0 Å². The van der Waals surface area contributed by atoms with E-state index in [4.69, 9.17) is 32.2 Å². The number of hydrogen-bond donors (Lipinski definition) is 0. The summed E-state index contributed by atoms with van der Waals surface area (Å²) in [4.78, 5) is 0. The molecule has 1 aromatic rings. The summed E-state index contributed by atoms with van der Waals surface area (Å²) in [5.41, 5.74) is 0. The molecule has 0 bridgehead atoms. The van der Waals surface area contributed by atoms with Crippen LogP contribution in [-0.2, 0) is 13.6 Å². The van der Waals surface area contributed by atoms with Crippen LogP contribution in [0.1, 0.15) is 6.42 Å². The molecular weight excluding hydrogens is 258 g/mol. The van der Waals surface area contributed by atoms with Crippen LogP contribution in [-0.4, -0.2) is 13.2 Å². The molecule has 0 radical (unpaired) electrons. The molecule has 0 unspecified atom stereocenters. The first kappa shape index (κ1) is 11.4. The molecule has 0 N–H and O–H groups in total. The van der Waals surface area contributed by atoms with E-state index < -0.39 is 7.60 Å². The van der Waals surface area contributed by atoms with Gasteiger partial charge in [-0.3, -0.25) is 4.57 Å². The molecule has 1 saturated heterocycles. The summed E-state index contributed by atoms with van der Waals surface area (Å²) in [5.74, 6) is 0. The van der Waals surface area contributed by atoms with Crippen molar-refractivity contribution in [3.63, 3.8) is 0 Å². The van der Waals surface area contributed by atoms with E-state index in [0.29, 0.717) is 28.6 Å². The number of benzene rings is 1. The van der Waals surface area contributed by atoms with Gasteiger partial charge in [0, 0.05) is 5.02 Å². The van der Waals surface area contributed by atoms with Gasteiger partial charge in [-0.05, 0) is 24.6 Å². The summed E-state index contributed by atoms with van der Waals surface area (Å²) in [6.45, 7) is 0.834. The zero-order valence-corrected chi connectivity index (χ0v) is 10.2. The van der Waals surface area contributed by atoms with Crippen LogP contribution in [0, 0.1) is 0 Å². The standard InChI is InChI=1S/C9H9Cl2O3P/c10-7-2-3-8(11)9(6-7)15(12)13-4-1-5-14-15/h2-3,6H,1,4-5H2. The zero-order chi connectivity index (χ0) is 10.9. The fourth-order valence-corrected chi connectivity index (χ4v) is 3.70. The van der Waals surface area contributed by atoms with Crippen molar-refractivity contribution in [2.75, 3.05) is 13.2 Å². The third kappa shape index (κ3) is 2.38. The second kappa shape index (κ2) is 4.44. The molecule has 6 heteroatoms. The van der Waals surface area contributed by atoms with Crippen molar-refractivity contribution in [3.05, 3.63) is 28.2 Å². The topological polar surface area (TPSA) is 35.5 Å². The Labute approximate surface area is 97.8 Å². The molecular formula is C9H9Cl2O3P. The summed E-state index contributed by atoms with van der Waals surface area (Å²) < 4.78 is 22.6. The van der Waals surface area contributed by atoms with Gasteiger partial charge in [0.25, 0.3) is 0 Å². The smallest absolute Gasteiger partial charge is 0.305 e. The molecule has 1 aliphatic rings. The van der Waals surface area contributed by atoms with Gasteiger partial charge in [-0.1, -0.05) is 23.2 Å². The van der Waals surface area contributed by atoms with Crippen LogP contribution in [0.3, 0.4) is 0 Å². The first-order chi connectivity index (χ1) is 7.12. The van der Waals surface area contributed by atoms with E-state index >= 15 is 0 Å². The SMILES string of the molecule is O=P1(c2cc(Cl)ccc2Cl)OCCCO1. The Balaban J connectivity index is 2.43. The fourth-order valence-electron chi connectivity index (χ4n) is 1.30. The number of hydrogen-bond acceptors (Lipinski definition) is 3. The maximum atomic E-state index is 12.2. The van der Waals surface area contributed by atoms with Crippen molar-refractivity contribution in [2.24, 2.45) is 0 Å². The fraction of sp³-hybridized carbons (Fsp3) is 0.333. The highest BCUT2D eigenvalue weighted by Gasteiger charge is 2.32. The molecule has 3 nitrogen and oxygen atoms in total. The van der Waals surface area contributed by atoms with Crippen LogP contribution in [0.15, 0.2) is 18.2 Å². The zero-order valence-electron chi connectivity index (χ0n) is 7.78. The molecule has 0 atom stereocenters. The monoisotopic (exact) mass is 266 g/mol. The lowest BCUT2D eigenvalue weighted by molar-refractivity contribution is 0.154. The van der Waals surface area contributed by atoms with Gasteiger partial charge >= 0.3 is 7.60 Å². The van der Waals surface area contributed by atoms with E-state index in [9.17, 15) is 4.57 Å². The van der Waals surface area contributed by atoms with Gasteiger partial charge in [0.2, 0.25) is 0 Å². The Kier molecular flexibility index (Phi) is 3.39. The van der Waals surface area contributed by atoms with E-state index in [-0.39, 0.29) is 0 Å². The summed E-state index contributed by atoms with van der Waals surface area (Å²) >= 11 is 11.7. The van der Waals surface area contributed by atoms with E-state index in [0.717, 1.165) is 6.42 Å². The quantitative estimate of drug-likeness (QED) is 0.732. The van der Waals surface area contributed by atoms with Gasteiger partial charge in [0.15, 0.2) is 0 Å². The summed E-state index contributed by atoms with van der Waals surface area (Å²) in [6.07, 6.45) is 0.738. The molecule has 15 heavy (non-hydrogen) atoms. The van der Waals surface area contributed by atoms with Crippen LogP contribution in [0.4, 0.5) is 0 Å². The Morgan fingerprint density at radius 3 is 2.53 bits per heavy atom. The van der Waals surface area contributed by atoms with Gasteiger partial charge in [-0.25, -0.2) is 0 Å². The predicted molar refractivity (Wildman–Crippen MR) is 60.2 cm³/mol. The normalized spacial score (nSPS) is 20.1. The Morgan fingerprint density at radius 2 is 1.87 bits per heavy atom. The van der Waals surface area contributed by atoms with Crippen molar-refractivity contribution >= 4 is 36.1 Å². The van der Waals surface area contributed by atoms with E-state index in [1.54, 1.807) is 12.1 Å². The lowest BCUT2D eigenvalue weighted by Crippen LogP contribution is -2.17. The maximum absolute atomic E-state index is 12.2. The van der Waals surface area contributed by atoms with Gasteiger partial charge < -0.3 is 9.05 Å².